The number of halogens is 16. The molecular formula is C99H96F16N10O13S. The fourth-order valence-electron chi connectivity index (χ4n) is 18.5. The zero-order chi connectivity index (χ0) is 101. The molecule has 0 spiro atoms. The van der Waals surface area contributed by atoms with E-state index >= 15 is 35.1 Å². The number of piperazine rings is 1. The number of thiazole rings is 1. The first-order valence-corrected chi connectivity index (χ1v) is 44.9. The summed E-state index contributed by atoms with van der Waals surface area (Å²) in [6.07, 6.45) is 2.78. The Balaban J connectivity index is 0.000000156. The quantitative estimate of drug-likeness (QED) is 0.0288. The fraction of sp³-hybridized carbons (Fsp3) is 0.374. The van der Waals surface area contributed by atoms with Gasteiger partial charge < -0.3 is 65.5 Å². The lowest BCUT2D eigenvalue weighted by Crippen LogP contribution is -2.67. The molecule has 6 fully saturated rings. The number of nitrogens with one attached hydrogen (secondary N) is 4. The van der Waals surface area contributed by atoms with Crippen molar-refractivity contribution in [3.8, 4) is 0 Å². The molecule has 23 nitrogen and oxygen atoms in total. The second-order valence-corrected chi connectivity index (χ2v) is 36.9. The maximum Gasteiger partial charge on any atom is 0.352 e. The van der Waals surface area contributed by atoms with Gasteiger partial charge in [0, 0.05) is 107 Å². The van der Waals surface area contributed by atoms with Crippen molar-refractivity contribution in [3.63, 3.8) is 0 Å². The van der Waals surface area contributed by atoms with Crippen molar-refractivity contribution in [2.24, 2.45) is 0 Å². The lowest BCUT2D eigenvalue weighted by atomic mass is 9.82. The number of hydrogen-bond donors (Lipinski definition) is 6. The minimum atomic E-state index is -4.27. The van der Waals surface area contributed by atoms with Gasteiger partial charge in [-0.1, -0.05) is 6.92 Å². The van der Waals surface area contributed by atoms with E-state index in [1.807, 2.05) is 6.92 Å². The van der Waals surface area contributed by atoms with Gasteiger partial charge in [-0.15, -0.1) is 11.3 Å². The molecule has 139 heavy (non-hydrogen) atoms. The highest BCUT2D eigenvalue weighted by atomic mass is 32.1. The molecule has 6 unspecified atom stereocenters. The zero-order valence-electron chi connectivity index (χ0n) is 76.1. The minimum absolute atomic E-state index is 0.0209. The van der Waals surface area contributed by atoms with Gasteiger partial charge in [0.1, 0.15) is 52.3 Å². The molecule has 0 radical (unpaired) electrons. The Bertz CT molecular complexity index is 6280. The highest BCUT2D eigenvalue weighted by molar-refractivity contribution is 7.11. The Hall–Kier alpha value is -13.1. The predicted octanol–water partition coefficient (Wildman–Crippen LogP) is 18.0. The molecule has 6 atom stereocenters. The van der Waals surface area contributed by atoms with Gasteiger partial charge in [0.15, 0.2) is 5.88 Å². The topological polar surface area (TPSA) is 290 Å². The van der Waals surface area contributed by atoms with Crippen molar-refractivity contribution in [1.82, 2.24) is 29.5 Å². The second-order valence-electron chi connectivity index (χ2n) is 35.6. The number of aryl methyl sites for hydroxylation is 5. The van der Waals surface area contributed by atoms with E-state index in [0.29, 0.717) is 80.8 Å². The Kier molecular flexibility index (Phi) is 30.6. The summed E-state index contributed by atoms with van der Waals surface area (Å²) in [5.41, 5.74) is -5.49. The molecule has 0 aliphatic carbocycles. The largest absolute Gasteiger partial charge is 0.483 e. The molecule has 6 saturated heterocycles. The monoisotopic (exact) mass is 1970 g/mol. The van der Waals surface area contributed by atoms with Gasteiger partial charge in [0.2, 0.25) is 0 Å². The van der Waals surface area contributed by atoms with Crippen LogP contribution in [-0.2, 0) is 70.1 Å². The smallest absolute Gasteiger partial charge is 0.352 e. The highest BCUT2D eigenvalue weighted by Gasteiger charge is 2.59. The van der Waals surface area contributed by atoms with Crippen LogP contribution in [0.2, 0.25) is 0 Å². The Morgan fingerprint density at radius 3 is 1.03 bits per heavy atom. The summed E-state index contributed by atoms with van der Waals surface area (Å²) < 4.78 is 245. The molecule has 8 aromatic carbocycles. The Morgan fingerprint density at radius 2 is 0.734 bits per heavy atom. The number of alkyl halides is 8. The van der Waals surface area contributed by atoms with Gasteiger partial charge in [-0.05, 0) is 274 Å². The minimum Gasteiger partial charge on any atom is -0.483 e. The zero-order valence-corrected chi connectivity index (χ0v) is 76.9. The molecular weight excluding hydrogens is 1870 g/mol. The van der Waals surface area contributed by atoms with E-state index in [2.05, 4.69) is 32.8 Å². The number of morpholine rings is 1. The standard InChI is InChI=1S/C26H26F4N2O4.C25H25F4N3O4.C25H26F4N2O3.C23H19F4N3O2S/c1-14-9-17(4-8-21(14)27)31-23(34)16-3-7-22(28)20(10-16)26(29,30)24(35)32-18-5-6-19(32)13-25(36,12-18)11-15(2)33;1-14-8-17(5-7-21(14)26)30-23(33)16-4-6-22(27)20(9-16)25(28,29)24(34)32-18-10-31(15(2)35-3)11-19(32)13-36-12-18;1-3-24(34)12-17-6-7-18(13-24)31(17)23(33)25(28,29)19-11-15(4-8-21(19)27)22(32)30-16-5-9-20(26)14(2)10-16;1-12-9-15(4-6-17(12)24)29-21(31)14-3-5-18(25)16(10-14)23(26,27)22(32)30-8-7-19-20(11-30)33-13(2)28-19/h3-4,7-10,18-19,36H,5-6,11-13H2,1-2H3,(H,31,34);4-9,18-19H,2,10-13H2,1,3H3,(H,30,33);4-5,8-11,17-18,34H,3,6-7,12-13H2,1-2H3,(H,30,32);3-6,9-10H,7-8,11H2,1-2H3,(H,29,31). The van der Waals surface area contributed by atoms with E-state index in [4.69, 9.17) is 9.47 Å². The van der Waals surface area contributed by atoms with Crippen LogP contribution < -0.4 is 21.3 Å². The van der Waals surface area contributed by atoms with Crippen molar-refractivity contribution < 1.29 is 133 Å². The van der Waals surface area contributed by atoms with Crippen molar-refractivity contribution >= 4 is 87.1 Å². The summed E-state index contributed by atoms with van der Waals surface area (Å²) >= 11 is 1.33. The van der Waals surface area contributed by atoms with Gasteiger partial charge in [0.25, 0.3) is 47.3 Å². The van der Waals surface area contributed by atoms with E-state index in [-0.39, 0.29) is 145 Å². The van der Waals surface area contributed by atoms with Crippen LogP contribution in [0.25, 0.3) is 0 Å². The third kappa shape index (κ3) is 22.5. The first-order chi connectivity index (χ1) is 65.3. The summed E-state index contributed by atoms with van der Waals surface area (Å²) in [5.74, 6) is -33.5. The van der Waals surface area contributed by atoms with Crippen molar-refractivity contribution in [3.05, 3.63) is 287 Å². The van der Waals surface area contributed by atoms with Gasteiger partial charge in [-0.25, -0.2) is 40.1 Å². The number of ketones is 1. The number of hydrogen-bond acceptors (Lipinski definition) is 16. The summed E-state index contributed by atoms with van der Waals surface area (Å²) in [6.45, 7) is 15.1. The van der Waals surface area contributed by atoms with Crippen LogP contribution in [-0.4, -0.2) is 180 Å². The van der Waals surface area contributed by atoms with Crippen LogP contribution in [0.15, 0.2) is 158 Å². The number of ether oxygens (including phenoxy) is 2. The molecule has 7 aliphatic heterocycles. The molecule has 8 amide bonds. The molecule has 1 aromatic heterocycles. The third-order valence-corrected chi connectivity index (χ3v) is 26.6. The van der Waals surface area contributed by atoms with Crippen LogP contribution in [0.3, 0.4) is 0 Å². The molecule has 738 valence electrons. The molecule has 6 N–H and O–H groups in total. The predicted molar refractivity (Wildman–Crippen MR) is 478 cm³/mol. The van der Waals surface area contributed by atoms with E-state index in [9.17, 15) is 88.5 Å². The molecule has 7 aliphatic rings. The normalized spacial score (nSPS) is 20.3. The number of aromatic nitrogens is 1. The number of amides is 8. The summed E-state index contributed by atoms with van der Waals surface area (Å²) in [5, 5.41) is 32.0. The third-order valence-electron chi connectivity index (χ3n) is 25.6. The van der Waals surface area contributed by atoms with E-state index < -0.39 is 187 Å². The van der Waals surface area contributed by atoms with Crippen LogP contribution in [0, 0.1) is 81.2 Å². The number of piperidine rings is 2. The van der Waals surface area contributed by atoms with E-state index in [0.717, 1.165) is 95.8 Å². The number of Topliss-reactive ketones (excluding diaryl/α,β-unsaturated/α-hetero) is 1. The molecule has 6 bridgehead atoms. The average molecular weight is 1970 g/mol. The van der Waals surface area contributed by atoms with Gasteiger partial charge >= 0.3 is 23.7 Å². The number of nitrogens with zero attached hydrogens (tertiary/aromatic N) is 6. The van der Waals surface area contributed by atoms with Crippen molar-refractivity contribution in [1.29, 1.82) is 0 Å². The molecule has 9 aromatic rings. The van der Waals surface area contributed by atoms with Gasteiger partial charge in [0.05, 0.1) is 83.1 Å². The molecule has 16 rings (SSSR count). The fourth-order valence-corrected chi connectivity index (χ4v) is 19.5. The maximum absolute atomic E-state index is 15.5. The summed E-state index contributed by atoms with van der Waals surface area (Å²) in [6, 6.07) is 21.0. The first-order valence-electron chi connectivity index (χ1n) is 44.1. The SMILES string of the molecule is C=C(OC)N1CC2COCC(C1)N2C(=O)C(F)(F)c1cc(C(=O)Nc2ccc(F)c(C)c2)ccc1F.CC(=O)CC1(O)CC2CCC(C1)N2C(=O)C(F)(F)c1cc(C(=O)Nc2ccc(F)c(C)c2)ccc1F.CCC1(O)CC2CCC(C1)N2C(=O)C(F)(F)c1cc(C(=O)Nc2ccc(F)c(C)c2)ccc1F.Cc1nc2c(s1)CN(C(=O)C(F)(F)c1cc(C(=O)Nc3ccc(F)c(C)c3)ccc1F)CC2. The van der Waals surface area contributed by atoms with Crippen molar-refractivity contribution in [2.45, 2.75) is 197 Å². The Labute approximate surface area is 790 Å². The number of carbonyl (C=O) groups is 9. The summed E-state index contributed by atoms with van der Waals surface area (Å²) in [4.78, 5) is 125. The van der Waals surface area contributed by atoms with Crippen LogP contribution >= 0.6 is 11.3 Å². The highest BCUT2D eigenvalue weighted by Crippen LogP contribution is 2.49. The molecule has 0 saturated carbocycles. The second kappa shape index (κ2) is 41.1. The lowest BCUT2D eigenvalue weighted by Gasteiger charge is -2.50. The lowest BCUT2D eigenvalue weighted by molar-refractivity contribution is -0.181. The maximum atomic E-state index is 15.5. The first kappa shape index (κ1) is 103. The average Bonchev–Trinajstić information content (AvgIpc) is 1.37. The number of carbonyl (C=O) groups excluding carboxylic acids is 9. The van der Waals surface area contributed by atoms with Crippen molar-refractivity contribution in [2.75, 3.05) is 61.2 Å². The molecule has 8 heterocycles. The number of aliphatic hydroxyl groups is 2. The Morgan fingerprint density at radius 1 is 0.439 bits per heavy atom. The van der Waals surface area contributed by atoms with Crippen LogP contribution in [0.1, 0.15) is 180 Å². The van der Waals surface area contributed by atoms with Crippen LogP contribution in [0.5, 0.6) is 0 Å². The summed E-state index contributed by atoms with van der Waals surface area (Å²) in [7, 11) is 1.43. The van der Waals surface area contributed by atoms with E-state index in [1.165, 1.54) is 102 Å². The van der Waals surface area contributed by atoms with E-state index in [1.54, 1.807) is 11.8 Å². The number of rotatable bonds is 21. The van der Waals surface area contributed by atoms with Crippen LogP contribution in [0.4, 0.5) is 93.0 Å². The van der Waals surface area contributed by atoms with Gasteiger partial charge in [-0.2, -0.15) is 35.1 Å². The number of anilines is 4. The number of benzene rings is 8. The van der Waals surface area contributed by atoms with Gasteiger partial charge in [-0.3, -0.25) is 43.2 Å². The number of fused-ring (bicyclic) bond motifs is 7. The number of methoxy groups -OCH3 is 1. The molecule has 40 heteroatoms.